The average Bonchev–Trinajstić information content (AvgIpc) is 2.91. The van der Waals surface area contributed by atoms with Gasteiger partial charge < -0.3 is 4.74 Å². The first kappa shape index (κ1) is 16.8. The molecule has 0 unspecified atom stereocenters. The van der Waals surface area contributed by atoms with E-state index in [9.17, 15) is 4.79 Å². The van der Waals surface area contributed by atoms with Gasteiger partial charge in [-0.2, -0.15) is 0 Å². The fraction of sp³-hybridized carbons (Fsp3) is 0.476. The zero-order valence-electron chi connectivity index (χ0n) is 14.9. The molecule has 24 heavy (non-hydrogen) atoms. The number of carbonyl (C=O) groups is 1. The lowest BCUT2D eigenvalue weighted by Crippen LogP contribution is -2.27. The summed E-state index contributed by atoms with van der Waals surface area (Å²) in [5.41, 5.74) is 1.29. The maximum absolute atomic E-state index is 12.7. The summed E-state index contributed by atoms with van der Waals surface area (Å²) < 4.78 is 7.31. The molecule has 3 nitrogen and oxygen atoms in total. The van der Waals surface area contributed by atoms with Gasteiger partial charge >= 0.3 is 6.09 Å². The molecule has 3 heteroatoms. The second kappa shape index (κ2) is 6.84. The van der Waals surface area contributed by atoms with Crippen molar-refractivity contribution in [3.05, 3.63) is 42.1 Å². The third kappa shape index (κ3) is 3.89. The summed E-state index contributed by atoms with van der Waals surface area (Å²) in [5, 5.41) is 1.06. The van der Waals surface area contributed by atoms with Crippen molar-refractivity contribution in [3.63, 3.8) is 0 Å². The molecule has 0 radical (unpaired) electrons. The molecule has 1 aromatic carbocycles. The van der Waals surface area contributed by atoms with Crippen LogP contribution in [0.25, 0.3) is 17.0 Å². The molecule has 1 aliphatic carbocycles. The number of hydrogen-bond acceptors (Lipinski definition) is 2. The summed E-state index contributed by atoms with van der Waals surface area (Å²) >= 11 is 0. The van der Waals surface area contributed by atoms with Crippen molar-refractivity contribution in [3.8, 4) is 0 Å². The van der Waals surface area contributed by atoms with Crippen molar-refractivity contribution in [2.24, 2.45) is 5.92 Å². The molecule has 128 valence electrons. The third-order valence-electron chi connectivity index (χ3n) is 4.50. The SMILES string of the molecule is CC(C)(C)OC(=O)n1c(C=CC2CCCCC2)cc2ccccc21. The Balaban J connectivity index is 1.95. The highest BCUT2D eigenvalue weighted by Gasteiger charge is 2.21. The van der Waals surface area contributed by atoms with Crippen molar-refractivity contribution in [1.29, 1.82) is 0 Å². The first-order valence-electron chi connectivity index (χ1n) is 8.96. The minimum atomic E-state index is -0.507. The van der Waals surface area contributed by atoms with Gasteiger partial charge in [-0.05, 0) is 57.7 Å². The number of ether oxygens (including phenoxy) is 1. The summed E-state index contributed by atoms with van der Waals surface area (Å²) in [5.74, 6) is 0.629. The first-order valence-corrected chi connectivity index (χ1v) is 8.96. The van der Waals surface area contributed by atoms with Crippen molar-refractivity contribution in [2.45, 2.75) is 58.5 Å². The highest BCUT2D eigenvalue weighted by atomic mass is 16.6. The largest absolute Gasteiger partial charge is 0.443 e. The van der Waals surface area contributed by atoms with E-state index in [0.29, 0.717) is 5.92 Å². The molecule has 0 atom stereocenters. The monoisotopic (exact) mass is 325 g/mol. The van der Waals surface area contributed by atoms with Crippen LogP contribution in [0.3, 0.4) is 0 Å². The molecular weight excluding hydrogens is 298 g/mol. The zero-order valence-corrected chi connectivity index (χ0v) is 14.9. The van der Waals surface area contributed by atoms with Gasteiger partial charge in [0.15, 0.2) is 0 Å². The van der Waals surface area contributed by atoms with E-state index in [4.69, 9.17) is 4.74 Å². The molecule has 1 fully saturated rings. The average molecular weight is 325 g/mol. The molecule has 0 aliphatic heterocycles. The van der Waals surface area contributed by atoms with E-state index < -0.39 is 5.60 Å². The molecule has 0 saturated heterocycles. The normalized spacial score (nSPS) is 16.8. The molecule has 1 aliphatic rings. The maximum Gasteiger partial charge on any atom is 0.419 e. The van der Waals surface area contributed by atoms with Crippen molar-refractivity contribution in [2.75, 3.05) is 0 Å². The van der Waals surface area contributed by atoms with Crippen LogP contribution in [-0.4, -0.2) is 16.3 Å². The van der Waals surface area contributed by atoms with Crippen LogP contribution in [0.2, 0.25) is 0 Å². The number of rotatable bonds is 2. The van der Waals surface area contributed by atoms with Crippen LogP contribution in [0.5, 0.6) is 0 Å². The Morgan fingerprint density at radius 1 is 1.17 bits per heavy atom. The van der Waals surface area contributed by atoms with E-state index in [1.54, 1.807) is 4.57 Å². The van der Waals surface area contributed by atoms with Gasteiger partial charge in [-0.3, -0.25) is 0 Å². The van der Waals surface area contributed by atoms with Crippen molar-refractivity contribution >= 4 is 23.1 Å². The molecule has 0 amide bonds. The number of hydrogen-bond donors (Lipinski definition) is 0. The molecule has 0 bridgehead atoms. The fourth-order valence-corrected chi connectivity index (χ4v) is 3.37. The van der Waals surface area contributed by atoms with Crippen LogP contribution in [0.1, 0.15) is 58.6 Å². The molecule has 1 saturated carbocycles. The van der Waals surface area contributed by atoms with Gasteiger partial charge in [0, 0.05) is 5.39 Å². The number of fused-ring (bicyclic) bond motifs is 1. The summed E-state index contributed by atoms with van der Waals surface area (Å²) in [6.45, 7) is 5.69. The number of carbonyl (C=O) groups excluding carboxylic acids is 1. The van der Waals surface area contributed by atoms with Crippen molar-refractivity contribution in [1.82, 2.24) is 4.57 Å². The lowest BCUT2D eigenvalue weighted by molar-refractivity contribution is 0.0543. The number of para-hydroxylation sites is 1. The van der Waals surface area contributed by atoms with E-state index in [1.807, 2.05) is 45.0 Å². The summed E-state index contributed by atoms with van der Waals surface area (Å²) in [4.78, 5) is 12.7. The second-order valence-corrected chi connectivity index (χ2v) is 7.70. The van der Waals surface area contributed by atoms with Crippen LogP contribution in [0.15, 0.2) is 36.4 Å². The van der Waals surface area contributed by atoms with E-state index in [-0.39, 0.29) is 6.09 Å². The molecule has 2 aromatic rings. The highest BCUT2D eigenvalue weighted by molar-refractivity contribution is 5.93. The highest BCUT2D eigenvalue weighted by Crippen LogP contribution is 2.27. The lowest BCUT2D eigenvalue weighted by Gasteiger charge is -2.21. The Bertz CT molecular complexity index is 743. The maximum atomic E-state index is 12.7. The number of aromatic nitrogens is 1. The molecule has 1 heterocycles. The van der Waals surface area contributed by atoms with E-state index >= 15 is 0 Å². The van der Waals surface area contributed by atoms with E-state index in [1.165, 1.54) is 32.1 Å². The minimum absolute atomic E-state index is 0.313. The van der Waals surface area contributed by atoms with Gasteiger partial charge in [-0.25, -0.2) is 9.36 Å². The Hall–Kier alpha value is -2.03. The summed E-state index contributed by atoms with van der Waals surface area (Å²) in [6, 6.07) is 10.0. The number of benzene rings is 1. The fourth-order valence-electron chi connectivity index (χ4n) is 3.37. The Labute approximate surface area is 144 Å². The van der Waals surface area contributed by atoms with Gasteiger partial charge in [-0.15, -0.1) is 0 Å². The van der Waals surface area contributed by atoms with Gasteiger partial charge in [0.2, 0.25) is 0 Å². The molecule has 3 rings (SSSR count). The molecule has 0 spiro atoms. The van der Waals surface area contributed by atoms with Crippen LogP contribution in [0, 0.1) is 5.92 Å². The lowest BCUT2D eigenvalue weighted by atomic mass is 9.89. The standard InChI is InChI=1S/C21H27NO2/c1-21(2,3)24-20(23)22-18(14-13-16-9-5-4-6-10-16)15-17-11-7-8-12-19(17)22/h7-8,11-16H,4-6,9-10H2,1-3H3. The van der Waals surface area contributed by atoms with Crippen LogP contribution >= 0.6 is 0 Å². The van der Waals surface area contributed by atoms with Crippen LogP contribution in [0.4, 0.5) is 4.79 Å². The zero-order chi connectivity index (χ0) is 17.2. The van der Waals surface area contributed by atoms with Gasteiger partial charge in [-0.1, -0.05) is 43.5 Å². The van der Waals surface area contributed by atoms with E-state index in [0.717, 1.165) is 16.6 Å². The smallest absolute Gasteiger partial charge is 0.419 e. The van der Waals surface area contributed by atoms with Gasteiger partial charge in [0.1, 0.15) is 5.60 Å². The van der Waals surface area contributed by atoms with Crippen LogP contribution in [-0.2, 0) is 4.74 Å². The molecular formula is C21H27NO2. The second-order valence-electron chi connectivity index (χ2n) is 7.70. The van der Waals surface area contributed by atoms with Crippen molar-refractivity contribution < 1.29 is 9.53 Å². The number of nitrogens with zero attached hydrogens (tertiary/aromatic N) is 1. The van der Waals surface area contributed by atoms with Gasteiger partial charge in [0.05, 0.1) is 11.2 Å². The van der Waals surface area contributed by atoms with Crippen LogP contribution < -0.4 is 0 Å². The topological polar surface area (TPSA) is 31.2 Å². The quantitative estimate of drug-likeness (QED) is 0.676. The first-order chi connectivity index (χ1) is 11.4. The third-order valence-corrected chi connectivity index (χ3v) is 4.50. The molecule has 1 aromatic heterocycles. The Morgan fingerprint density at radius 2 is 1.88 bits per heavy atom. The summed E-state index contributed by atoms with van der Waals surface area (Å²) in [6.07, 6.45) is 10.5. The Kier molecular flexibility index (Phi) is 4.79. The predicted octanol–water partition coefficient (Wildman–Crippen LogP) is 6.02. The van der Waals surface area contributed by atoms with E-state index in [2.05, 4.69) is 18.2 Å². The molecule has 0 N–H and O–H groups in total. The Morgan fingerprint density at radius 3 is 2.58 bits per heavy atom. The summed E-state index contributed by atoms with van der Waals surface area (Å²) in [7, 11) is 0. The number of allylic oxidation sites excluding steroid dienone is 1. The minimum Gasteiger partial charge on any atom is -0.443 e. The van der Waals surface area contributed by atoms with Gasteiger partial charge in [0.25, 0.3) is 0 Å². The predicted molar refractivity (Wildman–Crippen MR) is 99.2 cm³/mol.